The standard InChI is InChI=1S/C28H31FN4O5S/c1-17(30-16-27(35)20-7-9-26(34)24(13-20)33-39(2,37)38)10-18-6-8-23-21(11-18)14-25(32-23)28(36)31-15-19-4-3-5-22(29)12-19/h3-9,11-14,17,27,30,32-35H,10,15-16H2,1-2H3,(H,31,36)/t17-,27+/m1/s1. The van der Waals surface area contributed by atoms with E-state index < -0.39 is 16.1 Å². The lowest BCUT2D eigenvalue weighted by Crippen LogP contribution is -2.32. The molecule has 1 aromatic heterocycles. The fourth-order valence-corrected chi connectivity index (χ4v) is 4.82. The maximum Gasteiger partial charge on any atom is 0.267 e. The number of aliphatic hydroxyl groups is 1. The van der Waals surface area contributed by atoms with E-state index in [0.717, 1.165) is 22.7 Å². The van der Waals surface area contributed by atoms with E-state index in [0.29, 0.717) is 23.2 Å². The van der Waals surface area contributed by atoms with E-state index in [9.17, 15) is 27.8 Å². The van der Waals surface area contributed by atoms with Crippen molar-refractivity contribution in [2.75, 3.05) is 17.5 Å². The third-order valence-electron chi connectivity index (χ3n) is 6.17. The van der Waals surface area contributed by atoms with Crippen LogP contribution in [0.3, 0.4) is 0 Å². The number of aromatic nitrogens is 1. The molecule has 11 heteroatoms. The van der Waals surface area contributed by atoms with Crippen LogP contribution in [0.15, 0.2) is 66.7 Å². The molecule has 3 aromatic carbocycles. The Hall–Kier alpha value is -3.93. The number of fused-ring (bicyclic) bond motifs is 1. The molecular formula is C28H31FN4O5S. The van der Waals surface area contributed by atoms with Crippen molar-refractivity contribution >= 4 is 32.5 Å². The number of carbonyl (C=O) groups excluding carboxylic acids is 1. The minimum atomic E-state index is -3.58. The molecule has 206 valence electrons. The fourth-order valence-electron chi connectivity index (χ4n) is 4.25. The highest BCUT2D eigenvalue weighted by molar-refractivity contribution is 7.92. The van der Waals surface area contributed by atoms with Crippen LogP contribution in [0.25, 0.3) is 10.9 Å². The van der Waals surface area contributed by atoms with Crippen LogP contribution in [-0.4, -0.2) is 48.4 Å². The highest BCUT2D eigenvalue weighted by atomic mass is 32.2. The summed E-state index contributed by atoms with van der Waals surface area (Å²) in [7, 11) is -3.58. The predicted molar refractivity (Wildman–Crippen MR) is 149 cm³/mol. The van der Waals surface area contributed by atoms with Crippen LogP contribution < -0.4 is 15.4 Å². The first-order chi connectivity index (χ1) is 18.5. The molecule has 0 aliphatic heterocycles. The largest absolute Gasteiger partial charge is 0.506 e. The van der Waals surface area contributed by atoms with Crippen molar-refractivity contribution < 1.29 is 27.8 Å². The van der Waals surface area contributed by atoms with Crippen molar-refractivity contribution in [1.82, 2.24) is 15.6 Å². The minimum absolute atomic E-state index is 0.00363. The monoisotopic (exact) mass is 554 g/mol. The number of hydrogen-bond acceptors (Lipinski definition) is 6. The van der Waals surface area contributed by atoms with Gasteiger partial charge in [0.2, 0.25) is 10.0 Å². The van der Waals surface area contributed by atoms with Gasteiger partial charge < -0.3 is 25.8 Å². The molecule has 0 fully saturated rings. The second kappa shape index (κ2) is 11.9. The molecule has 1 amide bonds. The molecule has 4 rings (SSSR count). The zero-order chi connectivity index (χ0) is 28.2. The topological polar surface area (TPSA) is 144 Å². The maximum absolute atomic E-state index is 13.4. The zero-order valence-electron chi connectivity index (χ0n) is 21.5. The molecule has 1 heterocycles. The van der Waals surface area contributed by atoms with Crippen molar-refractivity contribution in [3.63, 3.8) is 0 Å². The Morgan fingerprint density at radius 2 is 1.85 bits per heavy atom. The summed E-state index contributed by atoms with van der Waals surface area (Å²) in [5.41, 5.74) is 3.39. The molecule has 0 aliphatic carbocycles. The Morgan fingerprint density at radius 1 is 1.05 bits per heavy atom. The Bertz CT molecular complexity index is 1590. The van der Waals surface area contributed by atoms with Crippen LogP contribution in [0, 0.1) is 5.82 Å². The van der Waals surface area contributed by atoms with Crippen molar-refractivity contribution in [2.24, 2.45) is 0 Å². The van der Waals surface area contributed by atoms with E-state index >= 15 is 0 Å². The van der Waals surface area contributed by atoms with Gasteiger partial charge in [-0.15, -0.1) is 0 Å². The highest BCUT2D eigenvalue weighted by Crippen LogP contribution is 2.28. The van der Waals surface area contributed by atoms with Gasteiger partial charge in [-0.05, 0) is 72.5 Å². The van der Waals surface area contributed by atoms with Gasteiger partial charge >= 0.3 is 0 Å². The van der Waals surface area contributed by atoms with Crippen LogP contribution in [0.1, 0.15) is 40.2 Å². The van der Waals surface area contributed by atoms with Crippen LogP contribution in [0.2, 0.25) is 0 Å². The lowest BCUT2D eigenvalue weighted by molar-refractivity contribution is 0.0946. The number of rotatable bonds is 11. The van der Waals surface area contributed by atoms with Crippen LogP contribution in [0.5, 0.6) is 5.75 Å². The number of halogens is 1. The average Bonchev–Trinajstić information content (AvgIpc) is 3.30. The van der Waals surface area contributed by atoms with E-state index in [1.54, 1.807) is 18.2 Å². The quantitative estimate of drug-likeness (QED) is 0.157. The number of benzene rings is 3. The Morgan fingerprint density at radius 3 is 2.59 bits per heavy atom. The predicted octanol–water partition coefficient (Wildman–Crippen LogP) is 3.57. The van der Waals surface area contributed by atoms with E-state index in [-0.39, 0.29) is 42.3 Å². The summed E-state index contributed by atoms with van der Waals surface area (Å²) in [5, 5.41) is 27.4. The normalized spacial score (nSPS) is 13.2. The number of aromatic hydroxyl groups is 1. The molecule has 6 N–H and O–H groups in total. The molecule has 0 aliphatic rings. The Labute approximate surface area is 226 Å². The number of phenols is 1. The Kier molecular flexibility index (Phi) is 8.54. The summed E-state index contributed by atoms with van der Waals surface area (Å²) >= 11 is 0. The third kappa shape index (κ3) is 7.79. The number of aliphatic hydroxyl groups excluding tert-OH is 1. The smallest absolute Gasteiger partial charge is 0.267 e. The van der Waals surface area contributed by atoms with Crippen molar-refractivity contribution in [3.8, 4) is 5.75 Å². The SMILES string of the molecule is C[C@H](Cc1ccc2[nH]c(C(=O)NCc3cccc(F)c3)cc2c1)NC[C@H](O)c1ccc(O)c(NS(C)(=O)=O)c1. The summed E-state index contributed by atoms with van der Waals surface area (Å²) in [6.45, 7) is 2.41. The van der Waals surface area contributed by atoms with Gasteiger partial charge in [-0.25, -0.2) is 12.8 Å². The van der Waals surface area contributed by atoms with Crippen molar-refractivity contribution in [2.45, 2.75) is 32.0 Å². The number of H-pyrrole nitrogens is 1. The molecular weight excluding hydrogens is 523 g/mol. The second-order valence-electron chi connectivity index (χ2n) is 9.60. The van der Waals surface area contributed by atoms with E-state index in [1.807, 2.05) is 25.1 Å². The van der Waals surface area contributed by atoms with Crippen LogP contribution in [-0.2, 0) is 23.0 Å². The Balaban J connectivity index is 1.33. The van der Waals surface area contributed by atoms with Gasteiger partial charge in [0.25, 0.3) is 5.91 Å². The van der Waals surface area contributed by atoms with Gasteiger partial charge in [-0.1, -0.05) is 24.3 Å². The van der Waals surface area contributed by atoms with Gasteiger partial charge in [0, 0.05) is 30.0 Å². The van der Waals surface area contributed by atoms with Gasteiger partial charge in [0.1, 0.15) is 17.3 Å². The number of sulfonamides is 1. The molecule has 4 aromatic rings. The number of aromatic amines is 1. The fraction of sp³-hybridized carbons (Fsp3) is 0.250. The van der Waals surface area contributed by atoms with Crippen molar-refractivity contribution in [3.05, 3.63) is 94.9 Å². The lowest BCUT2D eigenvalue weighted by atomic mass is 10.0. The molecule has 0 spiro atoms. The molecule has 0 unspecified atom stereocenters. The molecule has 2 atom stereocenters. The summed E-state index contributed by atoms with van der Waals surface area (Å²) in [6.07, 6.45) is 0.716. The second-order valence-corrected chi connectivity index (χ2v) is 11.3. The zero-order valence-corrected chi connectivity index (χ0v) is 22.3. The molecule has 0 bridgehead atoms. The minimum Gasteiger partial charge on any atom is -0.506 e. The van der Waals surface area contributed by atoms with Gasteiger partial charge in [-0.3, -0.25) is 9.52 Å². The third-order valence-corrected chi connectivity index (χ3v) is 6.76. The number of hydrogen-bond donors (Lipinski definition) is 6. The number of anilines is 1. The first-order valence-electron chi connectivity index (χ1n) is 12.3. The van der Waals surface area contributed by atoms with Gasteiger partial charge in [0.05, 0.1) is 18.0 Å². The number of carbonyl (C=O) groups is 1. The van der Waals surface area contributed by atoms with E-state index in [2.05, 4.69) is 20.3 Å². The molecule has 9 nitrogen and oxygen atoms in total. The summed E-state index contributed by atoms with van der Waals surface area (Å²) in [5.74, 6) is -0.871. The molecule has 0 radical (unpaired) electrons. The summed E-state index contributed by atoms with van der Waals surface area (Å²) in [6, 6.07) is 18.0. The highest BCUT2D eigenvalue weighted by Gasteiger charge is 2.15. The molecule has 0 saturated carbocycles. The summed E-state index contributed by atoms with van der Waals surface area (Å²) in [4.78, 5) is 15.7. The van der Waals surface area contributed by atoms with Crippen molar-refractivity contribution in [1.29, 1.82) is 0 Å². The van der Waals surface area contributed by atoms with Crippen LogP contribution in [0.4, 0.5) is 10.1 Å². The van der Waals surface area contributed by atoms with Gasteiger partial charge in [0.15, 0.2) is 0 Å². The molecule has 39 heavy (non-hydrogen) atoms. The summed E-state index contributed by atoms with van der Waals surface area (Å²) < 4.78 is 38.6. The lowest BCUT2D eigenvalue weighted by Gasteiger charge is -2.18. The number of amides is 1. The van der Waals surface area contributed by atoms with E-state index in [1.165, 1.54) is 30.3 Å². The number of phenolic OH excluding ortho intramolecular Hbond substituents is 1. The first kappa shape index (κ1) is 28.1. The average molecular weight is 555 g/mol. The van der Waals surface area contributed by atoms with E-state index in [4.69, 9.17) is 0 Å². The maximum atomic E-state index is 13.4. The van der Waals surface area contributed by atoms with Gasteiger partial charge in [-0.2, -0.15) is 0 Å². The van der Waals surface area contributed by atoms with Crippen LogP contribution >= 0.6 is 0 Å². The molecule has 0 saturated heterocycles. The number of nitrogens with one attached hydrogen (secondary N) is 4. The first-order valence-corrected chi connectivity index (χ1v) is 14.2.